The molecule has 0 atom stereocenters. The van der Waals surface area contributed by atoms with Crippen LogP contribution in [-0.2, 0) is 0 Å². The molecule has 2 aromatic rings. The molecule has 0 aliphatic carbocycles. The lowest BCUT2D eigenvalue weighted by Gasteiger charge is -2.08. The number of aromatic nitrogens is 2. The second-order valence-electron chi connectivity index (χ2n) is 3.75. The fourth-order valence-electron chi connectivity index (χ4n) is 1.43. The van der Waals surface area contributed by atoms with E-state index < -0.39 is 6.36 Å². The van der Waals surface area contributed by atoms with Gasteiger partial charge in [-0.3, -0.25) is 0 Å². The van der Waals surface area contributed by atoms with E-state index in [0.717, 1.165) is 4.38 Å². The number of aliphatic imine (C=N–C) groups is 1. The highest BCUT2D eigenvalue weighted by Gasteiger charge is 2.31. The molecule has 0 aliphatic heterocycles. The van der Waals surface area contributed by atoms with E-state index in [4.69, 9.17) is 4.42 Å². The molecule has 0 spiro atoms. The van der Waals surface area contributed by atoms with Gasteiger partial charge in [0.2, 0.25) is 5.89 Å². The smallest absolute Gasteiger partial charge is 0.406 e. The largest absolute Gasteiger partial charge is 0.573 e. The van der Waals surface area contributed by atoms with Crippen molar-refractivity contribution in [1.29, 1.82) is 0 Å². The van der Waals surface area contributed by atoms with Gasteiger partial charge in [-0.1, -0.05) is 5.10 Å². The lowest BCUT2D eigenvalue weighted by Crippen LogP contribution is -2.16. The van der Waals surface area contributed by atoms with Crippen LogP contribution >= 0.6 is 23.5 Å². The van der Waals surface area contributed by atoms with Crippen molar-refractivity contribution in [2.75, 3.05) is 12.5 Å². The molecule has 5 nitrogen and oxygen atoms in total. The first kappa shape index (κ1) is 16.7. The normalized spacial score (nSPS) is 11.3. The van der Waals surface area contributed by atoms with E-state index in [1.807, 2.05) is 12.5 Å². The number of rotatable bonds is 3. The fraction of sp³-hybridized carbons (Fsp3) is 0.250. The minimum absolute atomic E-state index is 0.0873. The fourth-order valence-corrected chi connectivity index (χ4v) is 2.43. The zero-order valence-corrected chi connectivity index (χ0v) is 13.1. The Labute approximate surface area is 132 Å². The lowest BCUT2D eigenvalue weighted by atomic mass is 10.2. The summed E-state index contributed by atoms with van der Waals surface area (Å²) in [5.74, 6) is -0.153. The van der Waals surface area contributed by atoms with Crippen molar-refractivity contribution in [1.82, 2.24) is 10.2 Å². The highest BCUT2D eigenvalue weighted by atomic mass is 32.2. The van der Waals surface area contributed by atoms with Gasteiger partial charge in [0.05, 0.1) is 0 Å². The number of halogens is 3. The summed E-state index contributed by atoms with van der Waals surface area (Å²) in [6.45, 7) is 0. The van der Waals surface area contributed by atoms with Crippen molar-refractivity contribution in [2.24, 2.45) is 4.99 Å². The summed E-state index contributed by atoms with van der Waals surface area (Å²) in [6.07, 6.45) is -0.988. The number of hydrogen-bond acceptors (Lipinski definition) is 7. The third-order valence-corrected chi connectivity index (χ3v) is 4.17. The van der Waals surface area contributed by atoms with Crippen LogP contribution in [0.3, 0.4) is 0 Å². The van der Waals surface area contributed by atoms with Crippen LogP contribution in [0.4, 0.5) is 19.2 Å². The van der Waals surface area contributed by atoms with E-state index in [9.17, 15) is 13.2 Å². The van der Waals surface area contributed by atoms with Gasteiger partial charge >= 0.3 is 12.4 Å². The first-order valence-corrected chi connectivity index (χ1v) is 8.22. The molecule has 0 saturated carbocycles. The summed E-state index contributed by atoms with van der Waals surface area (Å²) < 4.78 is 46.1. The lowest BCUT2D eigenvalue weighted by molar-refractivity contribution is -0.274. The Morgan fingerprint density at radius 2 is 1.77 bits per heavy atom. The van der Waals surface area contributed by atoms with E-state index in [1.165, 1.54) is 47.8 Å². The van der Waals surface area contributed by atoms with Crippen LogP contribution in [-0.4, -0.2) is 33.4 Å². The molecule has 0 fully saturated rings. The van der Waals surface area contributed by atoms with Crippen LogP contribution in [0.15, 0.2) is 33.7 Å². The van der Waals surface area contributed by atoms with E-state index >= 15 is 0 Å². The molecule has 0 bridgehead atoms. The molecule has 2 rings (SSSR count). The van der Waals surface area contributed by atoms with Gasteiger partial charge in [-0.25, -0.2) is 0 Å². The minimum Gasteiger partial charge on any atom is -0.406 e. The molecule has 1 aromatic heterocycles. The molecule has 0 saturated heterocycles. The van der Waals surface area contributed by atoms with E-state index in [1.54, 1.807) is 0 Å². The quantitative estimate of drug-likeness (QED) is 0.606. The summed E-state index contributed by atoms with van der Waals surface area (Å²) in [6, 6.07) is 5.22. The van der Waals surface area contributed by atoms with Gasteiger partial charge < -0.3 is 9.15 Å². The highest BCUT2D eigenvalue weighted by molar-refractivity contribution is 8.38. The molecule has 0 radical (unpaired) electrons. The number of nitrogens with zero attached hydrogens (tertiary/aromatic N) is 3. The predicted molar refractivity (Wildman–Crippen MR) is 80.5 cm³/mol. The Morgan fingerprint density at radius 3 is 2.32 bits per heavy atom. The van der Waals surface area contributed by atoms with Gasteiger partial charge in [-0.15, -0.1) is 41.8 Å². The second kappa shape index (κ2) is 7.05. The molecule has 10 heteroatoms. The van der Waals surface area contributed by atoms with Crippen molar-refractivity contribution < 1.29 is 22.3 Å². The van der Waals surface area contributed by atoms with Crippen molar-refractivity contribution >= 4 is 33.9 Å². The average molecular weight is 349 g/mol. The first-order valence-electron chi connectivity index (χ1n) is 5.77. The summed E-state index contributed by atoms with van der Waals surface area (Å²) >= 11 is 2.88. The number of alkyl halides is 3. The Kier molecular flexibility index (Phi) is 5.35. The van der Waals surface area contributed by atoms with Gasteiger partial charge in [-0.05, 0) is 36.8 Å². The van der Waals surface area contributed by atoms with Gasteiger partial charge in [0.15, 0.2) is 0 Å². The maximum absolute atomic E-state index is 12.1. The summed E-state index contributed by atoms with van der Waals surface area (Å²) in [7, 11) is 0. The molecule has 0 unspecified atom stereocenters. The Hall–Kier alpha value is -1.68. The Morgan fingerprint density at radius 1 is 1.14 bits per heavy atom. The van der Waals surface area contributed by atoms with Crippen molar-refractivity contribution in [3.05, 3.63) is 24.3 Å². The van der Waals surface area contributed by atoms with Gasteiger partial charge in [0, 0.05) is 5.56 Å². The zero-order chi connectivity index (χ0) is 16.2. The standard InChI is InChI=1S/C12H10F3N3O2S2/c1-21-11(22-2)16-10-18-17-9(19-10)7-3-5-8(6-4-7)20-12(13,14)15/h3-6H,1-2H3. The molecule has 0 aliphatic rings. The van der Waals surface area contributed by atoms with E-state index in [-0.39, 0.29) is 17.7 Å². The number of thioether (sulfide) groups is 2. The summed E-state index contributed by atoms with van der Waals surface area (Å²) in [4.78, 5) is 4.14. The second-order valence-corrected chi connectivity index (χ2v) is 5.60. The maximum atomic E-state index is 12.1. The van der Waals surface area contributed by atoms with Crippen molar-refractivity contribution in [2.45, 2.75) is 6.36 Å². The molecule has 0 N–H and O–H groups in total. The molecule has 118 valence electrons. The predicted octanol–water partition coefficient (Wildman–Crippen LogP) is 4.35. The van der Waals surface area contributed by atoms with Crippen LogP contribution < -0.4 is 4.74 Å². The van der Waals surface area contributed by atoms with Gasteiger partial charge in [-0.2, -0.15) is 4.99 Å². The topological polar surface area (TPSA) is 60.5 Å². The third kappa shape index (κ3) is 4.67. The minimum atomic E-state index is -4.72. The monoisotopic (exact) mass is 349 g/mol. The molecule has 0 amide bonds. The highest BCUT2D eigenvalue weighted by Crippen LogP contribution is 2.27. The average Bonchev–Trinajstić information content (AvgIpc) is 2.92. The number of ether oxygens (including phenoxy) is 1. The summed E-state index contributed by atoms with van der Waals surface area (Å²) in [5, 5.41) is 7.58. The van der Waals surface area contributed by atoms with Crippen LogP contribution in [0.2, 0.25) is 0 Å². The van der Waals surface area contributed by atoms with E-state index in [2.05, 4.69) is 19.9 Å². The maximum Gasteiger partial charge on any atom is 0.573 e. The molecule has 22 heavy (non-hydrogen) atoms. The van der Waals surface area contributed by atoms with E-state index in [0.29, 0.717) is 5.56 Å². The molecular formula is C12H10F3N3O2S2. The Balaban J connectivity index is 2.16. The molecular weight excluding hydrogens is 339 g/mol. The first-order chi connectivity index (χ1) is 10.4. The number of benzene rings is 1. The van der Waals surface area contributed by atoms with Crippen molar-refractivity contribution in [3.8, 4) is 17.2 Å². The van der Waals surface area contributed by atoms with Crippen LogP contribution in [0.25, 0.3) is 11.5 Å². The molecule has 1 aromatic carbocycles. The van der Waals surface area contributed by atoms with Gasteiger partial charge in [0.1, 0.15) is 10.1 Å². The van der Waals surface area contributed by atoms with Crippen LogP contribution in [0, 0.1) is 0 Å². The summed E-state index contributed by atoms with van der Waals surface area (Å²) in [5.41, 5.74) is 0.471. The van der Waals surface area contributed by atoms with Gasteiger partial charge in [0.25, 0.3) is 0 Å². The Bertz CT molecular complexity index is 650. The number of hydrogen-bond donors (Lipinski definition) is 0. The SMILES string of the molecule is CSC(=Nc1nnc(-c2ccc(OC(F)(F)F)cc2)o1)SC. The molecule has 1 heterocycles. The third-order valence-electron chi connectivity index (χ3n) is 2.29. The van der Waals surface area contributed by atoms with Crippen LogP contribution in [0.1, 0.15) is 0 Å². The van der Waals surface area contributed by atoms with Crippen molar-refractivity contribution in [3.63, 3.8) is 0 Å². The van der Waals surface area contributed by atoms with Crippen LogP contribution in [0.5, 0.6) is 5.75 Å². The zero-order valence-electron chi connectivity index (χ0n) is 11.4.